The topological polar surface area (TPSA) is 543 Å². The van der Waals surface area contributed by atoms with E-state index in [1.807, 2.05) is 0 Å². The van der Waals surface area contributed by atoms with Gasteiger partial charge in [0.2, 0.25) is 11.8 Å². The number of nitrogens with zero attached hydrogens (tertiary/aromatic N) is 9. The second-order valence-electron chi connectivity index (χ2n) is 30.3. The van der Waals surface area contributed by atoms with Gasteiger partial charge in [0.15, 0.2) is 0 Å². The molecule has 0 saturated carbocycles. The van der Waals surface area contributed by atoms with Gasteiger partial charge in [-0.25, -0.2) is 9.59 Å². The number of hydrogen-bond acceptors (Lipinski definition) is 28. The lowest BCUT2D eigenvalue weighted by Gasteiger charge is -2.13. The molecular formula is C97H84Cl2F6N12O27. The van der Waals surface area contributed by atoms with Crippen molar-refractivity contribution in [1.82, 2.24) is 22.8 Å². The maximum Gasteiger partial charge on any atom is 0.417 e. The summed E-state index contributed by atoms with van der Waals surface area (Å²) in [5.74, 6) is -2.87. The Kier molecular flexibility index (Phi) is 38.6. The molecule has 144 heavy (non-hydrogen) atoms. The molecule has 6 aromatic heterocycles. The first-order valence-electron chi connectivity index (χ1n) is 42.3. The molecule has 6 N–H and O–H groups in total. The van der Waals surface area contributed by atoms with Crippen LogP contribution in [0.4, 0.5) is 66.2 Å². The van der Waals surface area contributed by atoms with Crippen LogP contribution < -0.4 is 49.8 Å². The van der Waals surface area contributed by atoms with Gasteiger partial charge in [-0.15, -0.1) is 0 Å². The van der Waals surface area contributed by atoms with Gasteiger partial charge >= 0.3 is 41.9 Å². The van der Waals surface area contributed by atoms with Crippen LogP contribution in [0.15, 0.2) is 271 Å². The number of hydrogen-bond donors (Lipinski definition) is 5. The fourth-order valence-corrected chi connectivity index (χ4v) is 14.5. The molecule has 0 aliphatic heterocycles. The quantitative estimate of drug-likeness (QED) is 0.00936. The number of carbonyl (C=O) groups excluding carboxylic acids is 6. The number of nitrogens with two attached hydrogens (primary N) is 1. The summed E-state index contributed by atoms with van der Waals surface area (Å²) in [7, 11) is 1.24. The van der Waals surface area contributed by atoms with Crippen LogP contribution >= 0.6 is 23.2 Å². The zero-order chi connectivity index (χ0) is 106. The number of halogens is 8. The lowest BCUT2D eigenvalue weighted by molar-refractivity contribution is -0.385. The van der Waals surface area contributed by atoms with Gasteiger partial charge in [-0.3, -0.25) is 88.4 Å². The van der Waals surface area contributed by atoms with E-state index in [-0.39, 0.29) is 161 Å². The number of aliphatic hydroxyl groups is 2. The number of nitrogen functional groups attached to an aromatic ring is 1. The lowest BCUT2D eigenvalue weighted by Crippen LogP contribution is -2.23. The fraction of sp³-hybridized carbons (Fsp3) is 0.196. The van der Waals surface area contributed by atoms with Crippen molar-refractivity contribution in [2.75, 3.05) is 56.5 Å². The number of ether oxygens (including phenoxy) is 4. The average Bonchev–Trinajstić information content (AvgIpc) is 0.796. The van der Waals surface area contributed by atoms with Crippen LogP contribution in [0.1, 0.15) is 58.9 Å². The number of rotatable bonds is 24. The first-order valence-corrected chi connectivity index (χ1v) is 43.1. The standard InChI is InChI=1S/C22H18ClF3N2O4.C20H16ClF3N2O3.C13H12N2O5.C13H14N2O3.C11H10N2O4.C9H5NO4.C9H9NO4/c1-13(29)32-10-9-28-8-7-15-16(21(28)31)3-2-4-19(15)27-20(30)12-14-5-6-18(23)17(11-14)22(24,25)26;21-16-5-4-12(10-15(16)20(22,23)24)11-18(28)25-17-3-1-2-14-13(17)6-7-26(8-9-27)19(14)29;1-9(16)20-8-7-14-6-5-10-11(13(14)17)3-2-4-12(10)15(18)19;1-9(16)18-8-7-15-6-5-10-11(13(15)17)3-2-4-12(10)14;14-7-6-12-5-4-8-9(11(12)15)2-1-3-10(8)13(16)17;11-9-7-2-1-3-8(10(12)13)6(7)4-5-14-9;1-6-7(9(11)14-2)4-3-5-8(6)10(12)13/h2-8,11H,9-10,12H2,1H3,(H,27,30);1-7,10,27H,8-9,11H2,(H,25,28);2-6H,7-8H2,1H3;2-6H,7-8,14H2,1H3;1-5,14H,6-7H2;1-5H;3-5H,1-2H3. The van der Waals surface area contributed by atoms with Gasteiger partial charge in [0, 0.05) is 144 Å². The molecule has 15 aromatic rings. The minimum atomic E-state index is -4.63. The molecular weight excluding hydrogens is 1950 g/mol. The summed E-state index contributed by atoms with van der Waals surface area (Å²) < 4.78 is 108. The molecule has 15 rings (SSSR count). The number of fused-ring (bicyclic) bond motifs is 6. The Bertz CT molecular complexity index is 7820. The molecule has 0 aliphatic rings. The van der Waals surface area contributed by atoms with Gasteiger partial charge in [-0.2, -0.15) is 26.3 Å². The van der Waals surface area contributed by atoms with Crippen molar-refractivity contribution in [2.45, 2.75) is 85.6 Å². The van der Waals surface area contributed by atoms with Crippen molar-refractivity contribution >= 4 is 163 Å². The molecule has 0 spiro atoms. The normalized spacial score (nSPS) is 10.8. The summed E-state index contributed by atoms with van der Waals surface area (Å²) in [5.41, 5.74) is 3.54. The Morgan fingerprint density at radius 2 is 0.708 bits per heavy atom. The van der Waals surface area contributed by atoms with Crippen LogP contribution in [0.5, 0.6) is 0 Å². The number of esters is 4. The Hall–Kier alpha value is -17.5. The van der Waals surface area contributed by atoms with Crippen LogP contribution in [-0.2, 0) is 101 Å². The third-order valence-electron chi connectivity index (χ3n) is 20.8. The third-order valence-corrected chi connectivity index (χ3v) is 21.5. The molecule has 6 heterocycles. The summed E-state index contributed by atoms with van der Waals surface area (Å²) in [4.78, 5) is 181. The summed E-state index contributed by atoms with van der Waals surface area (Å²) in [6, 6.07) is 48.2. The van der Waals surface area contributed by atoms with E-state index in [4.69, 9.17) is 53.4 Å². The van der Waals surface area contributed by atoms with Gasteiger partial charge in [-0.1, -0.05) is 77.8 Å². The number of aromatic nitrogens is 5. The maximum absolute atomic E-state index is 13.0. The van der Waals surface area contributed by atoms with Gasteiger partial charge in [0.25, 0.3) is 50.5 Å². The molecule has 0 fully saturated rings. The monoisotopic (exact) mass is 2030 g/mol. The van der Waals surface area contributed by atoms with E-state index in [0.29, 0.717) is 72.3 Å². The number of amides is 2. The number of methoxy groups -OCH3 is 1. The molecule has 0 aliphatic carbocycles. The number of aliphatic hydroxyl groups excluding tert-OH is 2. The highest BCUT2D eigenvalue weighted by molar-refractivity contribution is 6.31. The average molecular weight is 2030 g/mol. The molecule has 47 heteroatoms. The SMILES string of the molecule is CC(=O)OCCn1ccc2c(N)cccc2c1=O.CC(=O)OCCn1ccc2c(NC(=O)Cc3ccc(Cl)c(C(F)(F)F)c3)cccc2c1=O.CC(=O)OCCn1ccc2c([N+](=O)[O-])cccc2c1=O.COC(=O)c1cccc([N+](=O)[O-])c1C.O=C(Cc1ccc(Cl)c(C(F)(F)F)c1)Nc1cccc2c(=O)n(CCO)ccc12.O=c1c2cccc([N+](=O)[O-])c2ccn1CCO.O=c1occc2c([N+](=O)[O-])cccc12. The molecule has 0 unspecified atom stereocenters. The number of nitro benzene ring substituents is 4. The Labute approximate surface area is 816 Å². The van der Waals surface area contributed by atoms with Crippen molar-refractivity contribution in [3.8, 4) is 0 Å². The number of pyridine rings is 5. The molecule has 0 bridgehead atoms. The largest absolute Gasteiger partial charge is 0.465 e. The first kappa shape index (κ1) is 110. The first-order chi connectivity index (χ1) is 68.3. The van der Waals surface area contributed by atoms with E-state index < -0.39 is 88.6 Å². The van der Waals surface area contributed by atoms with Gasteiger partial charge < -0.3 is 72.8 Å². The van der Waals surface area contributed by atoms with Gasteiger partial charge in [0.1, 0.15) is 19.8 Å². The highest BCUT2D eigenvalue weighted by atomic mass is 35.5. The second-order valence-corrected chi connectivity index (χ2v) is 31.2. The van der Waals surface area contributed by atoms with Crippen LogP contribution in [-0.4, -0.2) is 129 Å². The minimum Gasteiger partial charge on any atom is -0.465 e. The van der Waals surface area contributed by atoms with Crippen LogP contribution in [0.3, 0.4) is 0 Å². The second kappa shape index (κ2) is 50.4. The van der Waals surface area contributed by atoms with Crippen molar-refractivity contribution in [2.24, 2.45) is 0 Å². The Balaban J connectivity index is 0.000000191. The molecule has 750 valence electrons. The number of nitrogens with one attached hydrogen (secondary N) is 2. The maximum atomic E-state index is 13.0. The Morgan fingerprint density at radius 1 is 0.403 bits per heavy atom. The molecule has 39 nitrogen and oxygen atoms in total. The van der Waals surface area contributed by atoms with Crippen molar-refractivity contribution < 1.29 is 108 Å². The van der Waals surface area contributed by atoms with E-state index in [2.05, 4.69) is 19.8 Å². The van der Waals surface area contributed by atoms with Gasteiger partial charge in [0.05, 0.1) is 138 Å². The molecule has 0 saturated heterocycles. The van der Waals surface area contributed by atoms with Crippen LogP contribution in [0, 0.1) is 47.4 Å². The van der Waals surface area contributed by atoms with E-state index in [0.717, 1.165) is 35.9 Å². The summed E-state index contributed by atoms with van der Waals surface area (Å²) in [6.45, 7) is 6.40. The van der Waals surface area contributed by atoms with E-state index in [9.17, 15) is 124 Å². The molecule has 0 atom stereocenters. The predicted octanol–water partition coefficient (Wildman–Crippen LogP) is 15.2. The van der Waals surface area contributed by atoms with Crippen LogP contribution in [0.2, 0.25) is 10.0 Å². The summed E-state index contributed by atoms with van der Waals surface area (Å²) >= 11 is 11.2. The van der Waals surface area contributed by atoms with Crippen molar-refractivity contribution in [3.05, 3.63) is 384 Å². The Morgan fingerprint density at radius 3 is 1.06 bits per heavy atom. The molecule has 0 radical (unpaired) electrons. The number of anilines is 3. The highest BCUT2D eigenvalue weighted by Gasteiger charge is 2.35. The number of benzene rings is 9. The lowest BCUT2D eigenvalue weighted by atomic mass is 10.1. The van der Waals surface area contributed by atoms with E-state index in [1.165, 1.54) is 179 Å². The number of alkyl halides is 6. The highest BCUT2D eigenvalue weighted by Crippen LogP contribution is 2.38. The smallest absolute Gasteiger partial charge is 0.417 e. The summed E-state index contributed by atoms with van der Waals surface area (Å²) in [6.07, 6.45) is -1.11. The zero-order valence-electron chi connectivity index (χ0n) is 76.2. The van der Waals surface area contributed by atoms with E-state index >= 15 is 0 Å². The minimum absolute atomic E-state index is 0.0399. The van der Waals surface area contributed by atoms with Gasteiger partial charge in [-0.05, 0) is 139 Å². The number of non-ortho nitro benzene ring substituents is 3. The number of nitro groups is 4. The van der Waals surface area contributed by atoms with E-state index in [1.54, 1.807) is 85.1 Å². The third kappa shape index (κ3) is 29.1. The fourth-order valence-electron chi connectivity index (χ4n) is 14.1. The molecule has 9 aromatic carbocycles. The number of carbonyl (C=O) groups is 6. The van der Waals surface area contributed by atoms with Crippen molar-refractivity contribution in [1.29, 1.82) is 0 Å². The zero-order valence-corrected chi connectivity index (χ0v) is 77.7. The predicted molar refractivity (Wildman–Crippen MR) is 519 cm³/mol. The van der Waals surface area contributed by atoms with Crippen LogP contribution in [0.25, 0.3) is 64.6 Å². The van der Waals surface area contributed by atoms with Crippen molar-refractivity contribution in [3.63, 3.8) is 0 Å². The molecule has 2 amide bonds. The summed E-state index contributed by atoms with van der Waals surface area (Å²) in [5, 5.41) is 69.7.